The molecule has 308 valence electrons. The highest BCUT2D eigenvalue weighted by atomic mass is 32.2. The molecule has 2 aromatic carbocycles. The number of amides is 2. The highest BCUT2D eigenvalue weighted by Crippen LogP contribution is 2.48. The first kappa shape index (κ1) is 39.1. The molecule has 4 heterocycles. The molecule has 4 aromatic rings. The molecule has 2 aliphatic heterocycles. The molecule has 0 radical (unpaired) electrons. The van der Waals surface area contributed by atoms with Crippen LogP contribution in [-0.4, -0.2) is 89.0 Å². The number of carbonyl (C=O) groups excluding carboxylic acids is 2. The second kappa shape index (κ2) is 16.0. The summed E-state index contributed by atoms with van der Waals surface area (Å²) in [6.07, 6.45) is 18.2. The molecule has 9 rings (SSSR count). The van der Waals surface area contributed by atoms with Gasteiger partial charge in [-0.2, -0.15) is 5.10 Å². The zero-order valence-electron chi connectivity index (χ0n) is 34.3. The summed E-state index contributed by atoms with van der Waals surface area (Å²) in [5, 5.41) is 5.45. The molecule has 0 unspecified atom stereocenters. The molecule has 1 saturated heterocycles. The largest absolute Gasteiger partial charge is 0.497 e. The molecule has 2 amide bonds. The van der Waals surface area contributed by atoms with Gasteiger partial charge in [0.1, 0.15) is 5.75 Å². The number of methoxy groups -OCH3 is 1. The van der Waals surface area contributed by atoms with Gasteiger partial charge in [-0.3, -0.25) is 23.9 Å². The van der Waals surface area contributed by atoms with E-state index < -0.39 is 21.2 Å². The Morgan fingerprint density at radius 3 is 2.28 bits per heavy atom. The fraction of sp³-hybridized carbons (Fsp3) is 0.543. The van der Waals surface area contributed by atoms with Crippen molar-refractivity contribution in [3.63, 3.8) is 0 Å². The number of carbonyl (C=O) groups is 2. The van der Waals surface area contributed by atoms with Gasteiger partial charge in [0.15, 0.2) is 0 Å². The molecule has 0 bridgehead atoms. The minimum absolute atomic E-state index is 0.0489. The van der Waals surface area contributed by atoms with E-state index in [1.807, 2.05) is 23.2 Å². The number of aromatic nitrogens is 3. The third-order valence-corrected chi connectivity index (χ3v) is 15.5. The number of hydrogen-bond donors (Lipinski definition) is 1. The van der Waals surface area contributed by atoms with Gasteiger partial charge in [0, 0.05) is 48.7 Å². The van der Waals surface area contributed by atoms with Crippen molar-refractivity contribution in [1.29, 1.82) is 0 Å². The summed E-state index contributed by atoms with van der Waals surface area (Å²) in [6, 6.07) is 13.4. The molecule has 0 atom stereocenters. The van der Waals surface area contributed by atoms with E-state index in [4.69, 9.17) is 9.84 Å². The van der Waals surface area contributed by atoms with Crippen LogP contribution in [0.4, 0.5) is 0 Å². The molecule has 3 saturated carbocycles. The Balaban J connectivity index is 1.17. The number of rotatable bonds is 10. The van der Waals surface area contributed by atoms with E-state index in [0.717, 1.165) is 89.8 Å². The Morgan fingerprint density at radius 1 is 0.862 bits per heavy atom. The van der Waals surface area contributed by atoms with Crippen molar-refractivity contribution in [2.75, 3.05) is 33.3 Å². The lowest BCUT2D eigenvalue weighted by atomic mass is 9.81. The van der Waals surface area contributed by atoms with Crippen LogP contribution in [0, 0.1) is 0 Å². The topological polar surface area (TPSA) is 119 Å². The Morgan fingerprint density at radius 2 is 1.59 bits per heavy atom. The number of allylic oxidation sites excluding steroid dienone is 1. The van der Waals surface area contributed by atoms with Crippen molar-refractivity contribution in [2.24, 2.45) is 0 Å². The van der Waals surface area contributed by atoms with Gasteiger partial charge >= 0.3 is 0 Å². The van der Waals surface area contributed by atoms with Gasteiger partial charge in [-0.15, -0.1) is 0 Å². The van der Waals surface area contributed by atoms with E-state index in [1.165, 1.54) is 56.2 Å². The maximum Gasteiger partial charge on any atom is 0.257 e. The average molecular weight is 807 g/mol. The highest BCUT2D eigenvalue weighted by molar-refractivity contribution is 7.90. The van der Waals surface area contributed by atoms with Crippen LogP contribution >= 0.6 is 0 Å². The Labute approximate surface area is 342 Å². The number of piperazine rings is 1. The van der Waals surface area contributed by atoms with E-state index in [0.29, 0.717) is 37.2 Å². The van der Waals surface area contributed by atoms with Gasteiger partial charge in [0.25, 0.3) is 5.91 Å². The predicted octanol–water partition coefficient (Wildman–Crippen LogP) is 7.94. The molecule has 4 fully saturated rings. The first-order valence-electron chi connectivity index (χ1n) is 21.8. The van der Waals surface area contributed by atoms with E-state index in [1.54, 1.807) is 21.0 Å². The standard InChI is InChI=1S/C46H58N6O5S/c1-30(2)58(55,56)48-42(53)25-31-16-18-39-41(24-31)51-29-34(26-33-27-37(57-3)17-19-38(33)45(51)43(39)32-10-5-4-6-11-32)44-40(28-47-52(44)36-14-9-15-36)46(54)50-22-20-49(21-23-50)35-12-7-8-13-35/h16-19,24,26-28,30,32,35-36H,4-15,20-23,25,29H2,1-3H3,(H,48,53). The van der Waals surface area contributed by atoms with Gasteiger partial charge < -0.3 is 14.2 Å². The summed E-state index contributed by atoms with van der Waals surface area (Å²) in [5.41, 5.74) is 8.97. The van der Waals surface area contributed by atoms with Crippen LogP contribution in [0.3, 0.4) is 0 Å². The normalized spacial score (nSPS) is 19.8. The molecule has 2 aromatic heterocycles. The van der Waals surface area contributed by atoms with Crippen LogP contribution in [0.25, 0.3) is 33.8 Å². The number of fused-ring (bicyclic) bond motifs is 5. The summed E-state index contributed by atoms with van der Waals surface area (Å²) in [6.45, 7) is 6.88. The first-order valence-corrected chi connectivity index (χ1v) is 23.3. The maximum atomic E-state index is 14.7. The SMILES string of the molecule is COc1ccc2c(c1)C=C(c1c(C(=O)N3CCN(C4CCCC4)CC3)cnn1C1CCC1)Cn1c-2c(C2CCCCC2)c2ccc(CC(=O)NS(=O)(=O)C(C)C)cc21. The van der Waals surface area contributed by atoms with Crippen LogP contribution in [0.2, 0.25) is 0 Å². The molecule has 11 nitrogen and oxygen atoms in total. The van der Waals surface area contributed by atoms with Crippen molar-refractivity contribution in [3.8, 4) is 17.0 Å². The predicted molar refractivity (Wildman–Crippen MR) is 228 cm³/mol. The molecular weight excluding hydrogens is 749 g/mol. The van der Waals surface area contributed by atoms with Crippen molar-refractivity contribution in [3.05, 3.63) is 70.5 Å². The zero-order chi connectivity index (χ0) is 40.1. The Hall–Kier alpha value is -4.42. The van der Waals surface area contributed by atoms with E-state index >= 15 is 0 Å². The number of sulfonamides is 1. The van der Waals surface area contributed by atoms with Crippen molar-refractivity contribution in [1.82, 2.24) is 28.9 Å². The van der Waals surface area contributed by atoms with Crippen molar-refractivity contribution in [2.45, 2.75) is 127 Å². The monoisotopic (exact) mass is 806 g/mol. The minimum atomic E-state index is -3.76. The zero-order valence-corrected chi connectivity index (χ0v) is 35.2. The van der Waals surface area contributed by atoms with Gasteiger partial charge in [-0.1, -0.05) is 44.2 Å². The second-order valence-electron chi connectivity index (χ2n) is 17.7. The average Bonchev–Trinajstić information content (AvgIpc) is 3.94. The van der Waals surface area contributed by atoms with Crippen LogP contribution in [-0.2, 0) is 27.8 Å². The molecule has 12 heteroatoms. The first-order chi connectivity index (χ1) is 28.1. The number of nitrogens with zero attached hydrogens (tertiary/aromatic N) is 5. The van der Waals surface area contributed by atoms with E-state index in [9.17, 15) is 18.0 Å². The smallest absolute Gasteiger partial charge is 0.257 e. The fourth-order valence-electron chi connectivity index (χ4n) is 10.3. The molecule has 58 heavy (non-hydrogen) atoms. The van der Waals surface area contributed by atoms with Crippen LogP contribution in [0.5, 0.6) is 5.75 Å². The lowest BCUT2D eigenvalue weighted by molar-refractivity contribution is -0.118. The summed E-state index contributed by atoms with van der Waals surface area (Å²) in [5.74, 6) is 0.646. The Kier molecular flexibility index (Phi) is 10.8. The second-order valence-corrected chi connectivity index (χ2v) is 19.9. The number of nitrogens with one attached hydrogen (secondary N) is 1. The van der Waals surface area contributed by atoms with Gasteiger partial charge in [0.2, 0.25) is 15.9 Å². The highest BCUT2D eigenvalue weighted by Gasteiger charge is 2.36. The van der Waals surface area contributed by atoms with Crippen LogP contribution < -0.4 is 9.46 Å². The van der Waals surface area contributed by atoms with E-state index in [-0.39, 0.29) is 18.4 Å². The minimum Gasteiger partial charge on any atom is -0.497 e. The third-order valence-electron chi connectivity index (χ3n) is 13.8. The maximum absolute atomic E-state index is 14.7. The van der Waals surface area contributed by atoms with Gasteiger partial charge in [0.05, 0.1) is 54.5 Å². The lowest BCUT2D eigenvalue weighted by Crippen LogP contribution is -2.51. The molecule has 3 aliphatic carbocycles. The number of hydrogen-bond acceptors (Lipinski definition) is 7. The van der Waals surface area contributed by atoms with Crippen molar-refractivity contribution >= 4 is 44.4 Å². The fourth-order valence-corrected chi connectivity index (χ4v) is 10.9. The quantitative estimate of drug-likeness (QED) is 0.173. The number of ether oxygens (including phenoxy) is 1. The molecular formula is C46H58N6O5S. The summed E-state index contributed by atoms with van der Waals surface area (Å²) < 4.78 is 37.9. The Bertz CT molecular complexity index is 2350. The molecule has 1 N–H and O–H groups in total. The summed E-state index contributed by atoms with van der Waals surface area (Å²) >= 11 is 0. The van der Waals surface area contributed by atoms with Gasteiger partial charge in [-0.05, 0) is 117 Å². The van der Waals surface area contributed by atoms with E-state index in [2.05, 4.69) is 49.2 Å². The summed E-state index contributed by atoms with van der Waals surface area (Å²) in [7, 11) is -2.06. The third kappa shape index (κ3) is 7.29. The van der Waals surface area contributed by atoms with Crippen LogP contribution in [0.15, 0.2) is 42.6 Å². The summed E-state index contributed by atoms with van der Waals surface area (Å²) in [4.78, 5) is 32.6. The molecule has 0 spiro atoms. The lowest BCUT2D eigenvalue weighted by Gasteiger charge is -2.38. The van der Waals surface area contributed by atoms with Crippen LogP contribution in [0.1, 0.15) is 136 Å². The number of benzene rings is 2. The molecule has 5 aliphatic rings. The van der Waals surface area contributed by atoms with Gasteiger partial charge in [-0.25, -0.2) is 8.42 Å². The van der Waals surface area contributed by atoms with Crippen molar-refractivity contribution < 1.29 is 22.7 Å².